The number of aromatic hydroxyl groups is 1. The van der Waals surface area contributed by atoms with E-state index >= 15 is 0 Å². The number of hydrogen-bond donors (Lipinski definition) is 2. The second kappa shape index (κ2) is 5.85. The summed E-state index contributed by atoms with van der Waals surface area (Å²) in [5.74, 6) is 0.279. The number of rotatable bonds is 5. The maximum Gasteiger partial charge on any atom is 0.134 e. The highest BCUT2D eigenvalue weighted by atomic mass is 79.9. The van der Waals surface area contributed by atoms with Crippen molar-refractivity contribution in [1.82, 2.24) is 4.90 Å². The standard InChI is InChI=1S/C13H20BrNO2/c1-4-15(9-13(2,3)17)8-10-6-5-7-11(14)12(10)16/h5-7,16-17H,4,8-9H2,1-3H3. The van der Waals surface area contributed by atoms with E-state index < -0.39 is 5.60 Å². The summed E-state index contributed by atoms with van der Waals surface area (Å²) in [6.07, 6.45) is 0. The molecule has 0 fully saturated rings. The van der Waals surface area contributed by atoms with Gasteiger partial charge in [-0.1, -0.05) is 19.1 Å². The van der Waals surface area contributed by atoms with Crippen LogP contribution in [0.5, 0.6) is 5.75 Å². The van der Waals surface area contributed by atoms with Gasteiger partial charge in [-0.2, -0.15) is 0 Å². The van der Waals surface area contributed by atoms with E-state index in [-0.39, 0.29) is 5.75 Å². The number of likely N-dealkylation sites (N-methyl/N-ethyl adjacent to an activating group) is 1. The Balaban J connectivity index is 2.77. The van der Waals surface area contributed by atoms with Gasteiger partial charge in [-0.3, -0.25) is 4.90 Å². The molecule has 0 aliphatic rings. The quantitative estimate of drug-likeness (QED) is 0.879. The van der Waals surface area contributed by atoms with Gasteiger partial charge in [0.15, 0.2) is 0 Å². The van der Waals surface area contributed by atoms with E-state index in [1.165, 1.54) is 0 Å². The molecule has 1 aromatic carbocycles. The summed E-state index contributed by atoms with van der Waals surface area (Å²) in [7, 11) is 0. The normalized spacial score (nSPS) is 12.1. The third kappa shape index (κ3) is 4.66. The summed E-state index contributed by atoms with van der Waals surface area (Å²) < 4.78 is 0.703. The second-order valence-electron chi connectivity index (χ2n) is 4.86. The largest absolute Gasteiger partial charge is 0.506 e. The van der Waals surface area contributed by atoms with E-state index in [4.69, 9.17) is 0 Å². The Morgan fingerprint density at radius 1 is 1.35 bits per heavy atom. The Labute approximate surface area is 111 Å². The van der Waals surface area contributed by atoms with Crippen LogP contribution in [0.4, 0.5) is 0 Å². The first-order chi connectivity index (χ1) is 7.83. The molecule has 0 atom stereocenters. The van der Waals surface area contributed by atoms with Crippen molar-refractivity contribution >= 4 is 15.9 Å². The summed E-state index contributed by atoms with van der Waals surface area (Å²) in [5, 5.41) is 19.7. The van der Waals surface area contributed by atoms with Crippen molar-refractivity contribution in [3.05, 3.63) is 28.2 Å². The molecule has 0 spiro atoms. The predicted molar refractivity (Wildman–Crippen MR) is 73.1 cm³/mol. The SMILES string of the molecule is CCN(Cc1cccc(Br)c1O)CC(C)(C)O. The number of hydrogen-bond acceptors (Lipinski definition) is 3. The van der Waals surface area contributed by atoms with Gasteiger partial charge < -0.3 is 10.2 Å². The average molecular weight is 302 g/mol. The maximum atomic E-state index is 9.90. The van der Waals surface area contributed by atoms with Crippen molar-refractivity contribution in [2.24, 2.45) is 0 Å². The summed E-state index contributed by atoms with van der Waals surface area (Å²) in [5.41, 5.74) is 0.142. The van der Waals surface area contributed by atoms with Crippen LogP contribution < -0.4 is 0 Å². The van der Waals surface area contributed by atoms with Crippen molar-refractivity contribution in [3.8, 4) is 5.75 Å². The Kier molecular flexibility index (Phi) is 4.98. The fraction of sp³-hybridized carbons (Fsp3) is 0.538. The third-order valence-corrected chi connectivity index (χ3v) is 3.16. The minimum atomic E-state index is -0.725. The van der Waals surface area contributed by atoms with Crippen molar-refractivity contribution < 1.29 is 10.2 Å². The molecule has 3 nitrogen and oxygen atoms in total. The van der Waals surface area contributed by atoms with Gasteiger partial charge in [0, 0.05) is 18.7 Å². The van der Waals surface area contributed by atoms with Gasteiger partial charge >= 0.3 is 0 Å². The Morgan fingerprint density at radius 3 is 2.53 bits per heavy atom. The van der Waals surface area contributed by atoms with Crippen molar-refractivity contribution in [3.63, 3.8) is 0 Å². The van der Waals surface area contributed by atoms with E-state index in [9.17, 15) is 10.2 Å². The molecule has 1 aromatic rings. The fourth-order valence-corrected chi connectivity index (χ4v) is 2.16. The monoisotopic (exact) mass is 301 g/mol. The molecule has 0 aliphatic carbocycles. The highest BCUT2D eigenvalue weighted by Gasteiger charge is 2.18. The summed E-state index contributed by atoms with van der Waals surface area (Å²) in [4.78, 5) is 2.10. The summed E-state index contributed by atoms with van der Waals surface area (Å²) >= 11 is 3.30. The topological polar surface area (TPSA) is 43.7 Å². The number of nitrogens with zero attached hydrogens (tertiary/aromatic N) is 1. The lowest BCUT2D eigenvalue weighted by Gasteiger charge is -2.28. The molecule has 96 valence electrons. The Morgan fingerprint density at radius 2 is 2.00 bits per heavy atom. The zero-order valence-corrected chi connectivity index (χ0v) is 12.2. The first-order valence-electron chi connectivity index (χ1n) is 5.74. The second-order valence-corrected chi connectivity index (χ2v) is 5.72. The van der Waals surface area contributed by atoms with Crippen LogP contribution in [0.25, 0.3) is 0 Å². The van der Waals surface area contributed by atoms with Gasteiger partial charge in [-0.15, -0.1) is 0 Å². The van der Waals surface area contributed by atoms with E-state index in [0.717, 1.165) is 12.1 Å². The molecule has 1 rings (SSSR count). The molecule has 0 radical (unpaired) electrons. The van der Waals surface area contributed by atoms with E-state index in [1.54, 1.807) is 13.8 Å². The highest BCUT2D eigenvalue weighted by Crippen LogP contribution is 2.28. The van der Waals surface area contributed by atoms with Crippen molar-refractivity contribution in [1.29, 1.82) is 0 Å². The van der Waals surface area contributed by atoms with Crippen molar-refractivity contribution in [2.45, 2.75) is 32.9 Å². The summed E-state index contributed by atoms with van der Waals surface area (Å²) in [6, 6.07) is 5.61. The maximum absolute atomic E-state index is 9.90. The first-order valence-corrected chi connectivity index (χ1v) is 6.54. The number of phenolic OH excluding ortho intramolecular Hbond substituents is 1. The Hall–Kier alpha value is -0.580. The molecule has 0 unspecified atom stereocenters. The molecule has 0 saturated carbocycles. The average Bonchev–Trinajstić information content (AvgIpc) is 2.21. The molecule has 2 N–H and O–H groups in total. The van der Waals surface area contributed by atoms with Gasteiger partial charge in [-0.05, 0) is 42.4 Å². The van der Waals surface area contributed by atoms with Gasteiger partial charge in [-0.25, -0.2) is 0 Å². The highest BCUT2D eigenvalue weighted by molar-refractivity contribution is 9.10. The lowest BCUT2D eigenvalue weighted by Crippen LogP contribution is -2.38. The minimum absolute atomic E-state index is 0.279. The summed E-state index contributed by atoms with van der Waals surface area (Å²) in [6.45, 7) is 7.66. The zero-order chi connectivity index (χ0) is 13.1. The van der Waals surface area contributed by atoms with E-state index in [0.29, 0.717) is 17.6 Å². The van der Waals surface area contributed by atoms with Crippen LogP contribution in [0, 0.1) is 0 Å². The molecular weight excluding hydrogens is 282 g/mol. The predicted octanol–water partition coefficient (Wildman–Crippen LogP) is 2.75. The molecule has 0 heterocycles. The molecule has 0 aromatic heterocycles. The van der Waals surface area contributed by atoms with E-state index in [2.05, 4.69) is 20.8 Å². The molecule has 17 heavy (non-hydrogen) atoms. The van der Waals surface area contributed by atoms with Gasteiger partial charge in [0.2, 0.25) is 0 Å². The first kappa shape index (κ1) is 14.5. The smallest absolute Gasteiger partial charge is 0.134 e. The molecule has 0 bridgehead atoms. The number of aliphatic hydroxyl groups is 1. The minimum Gasteiger partial charge on any atom is -0.506 e. The molecule has 4 heteroatoms. The number of para-hydroxylation sites is 1. The third-order valence-electron chi connectivity index (χ3n) is 2.52. The van der Waals surface area contributed by atoms with Crippen LogP contribution >= 0.6 is 15.9 Å². The lowest BCUT2D eigenvalue weighted by molar-refractivity contribution is 0.0351. The van der Waals surface area contributed by atoms with Crippen LogP contribution in [-0.2, 0) is 6.54 Å². The molecule has 0 aliphatic heterocycles. The van der Waals surface area contributed by atoms with E-state index in [1.807, 2.05) is 25.1 Å². The van der Waals surface area contributed by atoms with Crippen molar-refractivity contribution in [2.75, 3.05) is 13.1 Å². The van der Waals surface area contributed by atoms with Crippen LogP contribution in [0.1, 0.15) is 26.3 Å². The molecular formula is C13H20BrNO2. The van der Waals surface area contributed by atoms with Crippen LogP contribution in [0.2, 0.25) is 0 Å². The zero-order valence-electron chi connectivity index (χ0n) is 10.6. The molecule has 0 saturated heterocycles. The van der Waals surface area contributed by atoms with Crippen LogP contribution in [-0.4, -0.2) is 33.8 Å². The number of phenols is 1. The Bertz CT molecular complexity index is 374. The van der Waals surface area contributed by atoms with Gasteiger partial charge in [0.25, 0.3) is 0 Å². The number of benzene rings is 1. The van der Waals surface area contributed by atoms with Gasteiger partial charge in [0.1, 0.15) is 5.75 Å². The van der Waals surface area contributed by atoms with Crippen LogP contribution in [0.3, 0.4) is 0 Å². The molecule has 0 amide bonds. The van der Waals surface area contributed by atoms with Crippen LogP contribution in [0.15, 0.2) is 22.7 Å². The van der Waals surface area contributed by atoms with Gasteiger partial charge in [0.05, 0.1) is 10.1 Å². The fourth-order valence-electron chi connectivity index (χ4n) is 1.76. The number of halogens is 1. The lowest BCUT2D eigenvalue weighted by atomic mass is 10.1.